The molecule has 0 aromatic heterocycles. The molecule has 5 nitrogen and oxygen atoms in total. The number of hydrogen-bond donors (Lipinski definition) is 2. The molecule has 0 aromatic rings. The molecular weight excluding hydrogens is 278 g/mol. The summed E-state index contributed by atoms with van der Waals surface area (Å²) in [6, 6.07) is 0.104. The predicted octanol–water partition coefficient (Wildman–Crippen LogP) is 1.53. The fraction of sp³-hybridized carbons (Fsp3) is 0.882. The average molecular weight is 309 g/mol. The Morgan fingerprint density at radius 1 is 1.14 bits per heavy atom. The van der Waals surface area contributed by atoms with Crippen molar-refractivity contribution < 1.29 is 9.59 Å². The van der Waals surface area contributed by atoms with Crippen LogP contribution in [0.1, 0.15) is 53.4 Å². The van der Waals surface area contributed by atoms with Gasteiger partial charge in [0.05, 0.1) is 0 Å². The molecule has 1 aliphatic carbocycles. The van der Waals surface area contributed by atoms with E-state index in [0.717, 1.165) is 38.4 Å². The molecule has 0 radical (unpaired) electrons. The summed E-state index contributed by atoms with van der Waals surface area (Å²) in [5, 5.41) is 6.45. The molecular formula is C17H31N3O2. The van der Waals surface area contributed by atoms with Gasteiger partial charge in [0, 0.05) is 24.5 Å². The molecule has 126 valence electrons. The van der Waals surface area contributed by atoms with Crippen molar-refractivity contribution >= 4 is 11.8 Å². The maximum Gasteiger partial charge on any atom is 0.244 e. The van der Waals surface area contributed by atoms with Crippen molar-refractivity contribution in [3.8, 4) is 0 Å². The van der Waals surface area contributed by atoms with Gasteiger partial charge in [-0.1, -0.05) is 20.8 Å². The minimum Gasteiger partial charge on any atom is -0.344 e. The van der Waals surface area contributed by atoms with Crippen LogP contribution in [0.4, 0.5) is 0 Å². The lowest BCUT2D eigenvalue weighted by atomic mass is 9.95. The molecule has 22 heavy (non-hydrogen) atoms. The number of carbonyl (C=O) groups is 2. The topological polar surface area (TPSA) is 61.4 Å². The van der Waals surface area contributed by atoms with E-state index in [1.807, 2.05) is 25.7 Å². The molecule has 1 unspecified atom stereocenters. The molecule has 1 atom stereocenters. The first-order valence-electron chi connectivity index (χ1n) is 8.60. The van der Waals surface area contributed by atoms with Gasteiger partial charge in [-0.3, -0.25) is 9.59 Å². The van der Waals surface area contributed by atoms with E-state index in [1.54, 1.807) is 6.92 Å². The summed E-state index contributed by atoms with van der Waals surface area (Å²) in [4.78, 5) is 26.3. The lowest BCUT2D eigenvalue weighted by molar-refractivity contribution is -0.139. The molecule has 0 spiro atoms. The number of piperidine rings is 1. The van der Waals surface area contributed by atoms with Gasteiger partial charge in [-0.15, -0.1) is 0 Å². The highest BCUT2D eigenvalue weighted by molar-refractivity contribution is 5.89. The van der Waals surface area contributed by atoms with Crippen LogP contribution in [0.25, 0.3) is 0 Å². The highest BCUT2D eigenvalue weighted by atomic mass is 16.2. The second-order valence-corrected chi connectivity index (χ2v) is 7.90. The zero-order valence-corrected chi connectivity index (χ0v) is 14.4. The smallest absolute Gasteiger partial charge is 0.244 e. The van der Waals surface area contributed by atoms with Crippen LogP contribution in [0.5, 0.6) is 0 Å². The van der Waals surface area contributed by atoms with E-state index in [2.05, 4.69) is 10.6 Å². The van der Waals surface area contributed by atoms with Crippen LogP contribution in [0.2, 0.25) is 0 Å². The molecule has 2 aliphatic rings. The summed E-state index contributed by atoms with van der Waals surface area (Å²) in [7, 11) is 0. The minimum absolute atomic E-state index is 0.0400. The van der Waals surface area contributed by atoms with Crippen molar-refractivity contribution in [2.24, 2.45) is 11.3 Å². The summed E-state index contributed by atoms with van der Waals surface area (Å²) in [6.07, 6.45) is 4.77. The Kier molecular flexibility index (Phi) is 5.48. The van der Waals surface area contributed by atoms with E-state index in [9.17, 15) is 9.59 Å². The van der Waals surface area contributed by atoms with Crippen LogP contribution >= 0.6 is 0 Å². The number of nitrogens with one attached hydrogen (secondary N) is 2. The van der Waals surface area contributed by atoms with E-state index >= 15 is 0 Å². The molecule has 5 heteroatoms. The summed E-state index contributed by atoms with van der Waals surface area (Å²) in [5.41, 5.74) is -0.464. The van der Waals surface area contributed by atoms with Crippen molar-refractivity contribution in [2.75, 3.05) is 19.6 Å². The van der Waals surface area contributed by atoms with E-state index in [-0.39, 0.29) is 11.8 Å². The van der Waals surface area contributed by atoms with E-state index in [0.29, 0.717) is 6.04 Å². The van der Waals surface area contributed by atoms with E-state index in [4.69, 9.17) is 0 Å². The quantitative estimate of drug-likeness (QED) is 0.809. The number of rotatable bonds is 5. The largest absolute Gasteiger partial charge is 0.344 e. The molecule has 0 aromatic carbocycles. The summed E-state index contributed by atoms with van der Waals surface area (Å²) < 4.78 is 0. The number of carbonyl (C=O) groups excluding carboxylic acids is 2. The summed E-state index contributed by atoms with van der Waals surface area (Å²) in [6.45, 7) is 10.1. The third-order valence-electron chi connectivity index (χ3n) is 4.60. The molecule has 1 saturated heterocycles. The van der Waals surface area contributed by atoms with E-state index < -0.39 is 11.5 Å². The van der Waals surface area contributed by atoms with Crippen LogP contribution in [-0.2, 0) is 9.59 Å². The van der Waals surface area contributed by atoms with Crippen LogP contribution in [0.3, 0.4) is 0 Å². The van der Waals surface area contributed by atoms with Crippen molar-refractivity contribution in [1.82, 2.24) is 15.5 Å². The van der Waals surface area contributed by atoms with E-state index in [1.165, 1.54) is 12.8 Å². The number of likely N-dealkylation sites (tertiary alicyclic amines) is 1. The second-order valence-electron chi connectivity index (χ2n) is 7.90. The Morgan fingerprint density at radius 3 is 2.23 bits per heavy atom. The normalized spacial score (nSPS) is 21.5. The first-order chi connectivity index (χ1) is 10.3. The van der Waals surface area contributed by atoms with Crippen LogP contribution < -0.4 is 10.6 Å². The average Bonchev–Trinajstić information content (AvgIpc) is 3.28. The zero-order valence-electron chi connectivity index (χ0n) is 14.4. The van der Waals surface area contributed by atoms with Gasteiger partial charge in [0.2, 0.25) is 11.8 Å². The van der Waals surface area contributed by atoms with Gasteiger partial charge >= 0.3 is 0 Å². The van der Waals surface area contributed by atoms with Gasteiger partial charge in [-0.2, -0.15) is 0 Å². The Morgan fingerprint density at radius 2 is 1.73 bits per heavy atom. The fourth-order valence-corrected chi connectivity index (χ4v) is 2.71. The van der Waals surface area contributed by atoms with Crippen molar-refractivity contribution in [3.63, 3.8) is 0 Å². The highest BCUT2D eigenvalue weighted by Gasteiger charge is 2.30. The third kappa shape index (κ3) is 4.97. The number of amides is 2. The number of nitrogens with zero attached hydrogens (tertiary/aromatic N) is 1. The third-order valence-corrected chi connectivity index (χ3v) is 4.60. The summed E-state index contributed by atoms with van der Waals surface area (Å²) >= 11 is 0. The molecule has 2 amide bonds. The molecule has 2 fully saturated rings. The van der Waals surface area contributed by atoms with Gasteiger partial charge in [-0.25, -0.2) is 0 Å². The maximum atomic E-state index is 12.4. The lowest BCUT2D eigenvalue weighted by Crippen LogP contribution is -2.53. The molecule has 0 bridgehead atoms. The Bertz CT molecular complexity index is 405. The maximum absolute atomic E-state index is 12.4. The summed E-state index contributed by atoms with van der Waals surface area (Å²) in [5.74, 6) is 0.861. The monoisotopic (exact) mass is 309 g/mol. The second kappa shape index (κ2) is 6.99. The molecule has 2 rings (SSSR count). The van der Waals surface area contributed by atoms with Crippen molar-refractivity contribution in [2.45, 2.75) is 65.5 Å². The number of hydrogen-bond acceptors (Lipinski definition) is 3. The fourth-order valence-electron chi connectivity index (χ4n) is 2.71. The molecule has 1 saturated carbocycles. The predicted molar refractivity (Wildman–Crippen MR) is 87.4 cm³/mol. The van der Waals surface area contributed by atoms with Crippen LogP contribution in [-0.4, -0.2) is 48.4 Å². The molecule has 2 N–H and O–H groups in total. The SMILES string of the molecule is CC(NC(=O)C(C)(C)C)C(=O)N1CCC(NCC2CC2)CC1. The Hall–Kier alpha value is -1.10. The van der Waals surface area contributed by atoms with Gasteiger partial charge in [0.15, 0.2) is 0 Å². The van der Waals surface area contributed by atoms with Crippen molar-refractivity contribution in [3.05, 3.63) is 0 Å². The van der Waals surface area contributed by atoms with Crippen LogP contribution in [0.15, 0.2) is 0 Å². The molecule has 1 aliphatic heterocycles. The van der Waals surface area contributed by atoms with Crippen LogP contribution in [0, 0.1) is 11.3 Å². The Balaban J connectivity index is 1.72. The zero-order chi connectivity index (χ0) is 16.3. The Labute approximate surface area is 134 Å². The standard InChI is InChI=1S/C17H31N3O2/c1-12(19-16(22)17(2,3)4)15(21)20-9-7-14(8-10-20)18-11-13-5-6-13/h12-14,18H,5-11H2,1-4H3,(H,19,22). The van der Waals surface area contributed by atoms with Gasteiger partial charge in [0.1, 0.15) is 6.04 Å². The highest BCUT2D eigenvalue weighted by Crippen LogP contribution is 2.28. The first kappa shape index (κ1) is 17.3. The minimum atomic E-state index is -0.464. The lowest BCUT2D eigenvalue weighted by Gasteiger charge is -2.34. The molecule has 1 heterocycles. The van der Waals surface area contributed by atoms with Gasteiger partial charge in [0.25, 0.3) is 0 Å². The first-order valence-corrected chi connectivity index (χ1v) is 8.60. The van der Waals surface area contributed by atoms with Gasteiger partial charge in [-0.05, 0) is 45.1 Å². The van der Waals surface area contributed by atoms with Gasteiger partial charge < -0.3 is 15.5 Å². The van der Waals surface area contributed by atoms with Crippen molar-refractivity contribution in [1.29, 1.82) is 0 Å².